The Bertz CT molecular complexity index is 361. The summed E-state index contributed by atoms with van der Waals surface area (Å²) in [5.41, 5.74) is 0.865. The van der Waals surface area contributed by atoms with E-state index >= 15 is 0 Å². The first-order valence-electron chi connectivity index (χ1n) is 3.64. The summed E-state index contributed by atoms with van der Waals surface area (Å²) < 4.78 is 7.43. The van der Waals surface area contributed by atoms with Crippen molar-refractivity contribution in [1.82, 2.24) is 20.4 Å². The molecule has 0 aliphatic carbocycles. The molecule has 0 aromatic rings. The van der Waals surface area contributed by atoms with Crippen molar-refractivity contribution in [3.63, 3.8) is 0 Å². The molecule has 16 heavy (non-hydrogen) atoms. The molecule has 0 aromatic carbocycles. The number of hydrazine groups is 3. The maximum atomic E-state index is 4.13. The Morgan fingerprint density at radius 3 is 2.31 bits per heavy atom. The Morgan fingerprint density at radius 2 is 1.69 bits per heavy atom. The molecule has 0 amide bonds. The van der Waals surface area contributed by atoms with E-state index in [9.17, 15) is 0 Å². The first-order valence-corrected chi connectivity index (χ1v) is 7.97. The van der Waals surface area contributed by atoms with E-state index in [0.717, 1.165) is 5.70 Å². The number of nitrogens with zero attached hydrogens (tertiary/aromatic N) is 6. The van der Waals surface area contributed by atoms with E-state index in [1.165, 1.54) is 0 Å². The van der Waals surface area contributed by atoms with Gasteiger partial charge in [-0.25, -0.2) is 4.03 Å². The SMILES string of the molecule is BrN1C2=CC=NN(Br)C2(Br)N(Br)N(Br)N1Br. The van der Waals surface area contributed by atoms with Crippen LogP contribution in [0, 0.1) is 0 Å². The maximum Gasteiger partial charge on any atom is 0.244 e. The van der Waals surface area contributed by atoms with Gasteiger partial charge in [-0.05, 0) is 26.1 Å². The lowest BCUT2D eigenvalue weighted by Gasteiger charge is -2.52. The standard InChI is InChI=1S/C4H2Br6N6/c5-4-3(1-2-11-13(4)7)12(6)15(9)16(10)14(4)8/h1-2H. The van der Waals surface area contributed by atoms with Gasteiger partial charge in [0.2, 0.25) is 4.57 Å². The topological polar surface area (TPSA) is 28.6 Å². The van der Waals surface area contributed by atoms with E-state index in [1.54, 1.807) is 26.6 Å². The number of halogens is 6. The molecule has 0 aromatic heterocycles. The Kier molecular flexibility index (Phi) is 4.47. The average Bonchev–Trinajstić information content (AvgIpc) is 2.27. The molecule has 2 aliphatic heterocycles. The molecule has 0 saturated carbocycles. The maximum absolute atomic E-state index is 4.13. The van der Waals surface area contributed by atoms with Crippen LogP contribution < -0.4 is 0 Å². The quantitative estimate of drug-likeness (QED) is 0.236. The number of hydrazone groups is 1. The van der Waals surface area contributed by atoms with E-state index in [0.29, 0.717) is 0 Å². The molecule has 1 fully saturated rings. The van der Waals surface area contributed by atoms with Gasteiger partial charge in [0, 0.05) is 16.1 Å². The molecule has 2 rings (SSSR count). The molecule has 1 saturated heterocycles. The molecule has 2 aliphatic rings. The largest absolute Gasteiger partial charge is 0.244 e. The minimum atomic E-state index is -0.723. The lowest BCUT2D eigenvalue weighted by Crippen LogP contribution is -2.64. The molecular weight excluding hydrogens is 612 g/mol. The number of allylic oxidation sites excluding steroid dienone is 1. The van der Waals surface area contributed by atoms with Gasteiger partial charge in [-0.1, -0.05) is 4.14 Å². The van der Waals surface area contributed by atoms with Crippen LogP contribution in [0.1, 0.15) is 0 Å². The van der Waals surface area contributed by atoms with Crippen molar-refractivity contribution >= 4 is 103 Å². The minimum absolute atomic E-state index is 0.723. The molecule has 1 unspecified atom stereocenters. The van der Waals surface area contributed by atoms with Gasteiger partial charge in [-0.3, -0.25) is 0 Å². The van der Waals surface area contributed by atoms with Crippen LogP contribution in [0.25, 0.3) is 0 Å². The van der Waals surface area contributed by atoms with Crippen molar-refractivity contribution in [2.45, 2.75) is 4.57 Å². The lowest BCUT2D eigenvalue weighted by molar-refractivity contribution is -0.105. The van der Waals surface area contributed by atoms with Gasteiger partial charge < -0.3 is 0 Å². The van der Waals surface area contributed by atoms with Gasteiger partial charge in [0.25, 0.3) is 0 Å². The molecule has 1 atom stereocenters. The number of alkyl halides is 1. The average molecular weight is 614 g/mol. The van der Waals surface area contributed by atoms with E-state index in [1.807, 2.05) is 6.08 Å². The van der Waals surface area contributed by atoms with Gasteiger partial charge >= 0.3 is 0 Å². The third-order valence-electron chi connectivity index (χ3n) is 1.84. The van der Waals surface area contributed by atoms with Crippen LogP contribution in [0.3, 0.4) is 0 Å². The summed E-state index contributed by atoms with van der Waals surface area (Å²) in [6, 6.07) is 0. The highest BCUT2D eigenvalue weighted by atomic mass is 79.9. The van der Waals surface area contributed by atoms with Crippen molar-refractivity contribution < 1.29 is 0 Å². The van der Waals surface area contributed by atoms with Crippen molar-refractivity contribution in [2.75, 3.05) is 0 Å². The van der Waals surface area contributed by atoms with Gasteiger partial charge in [-0.2, -0.15) is 9.14 Å². The normalized spacial score (nSPS) is 33.0. The number of rotatable bonds is 0. The lowest BCUT2D eigenvalue weighted by atomic mass is 10.3. The van der Waals surface area contributed by atoms with Crippen LogP contribution in [-0.2, 0) is 0 Å². The van der Waals surface area contributed by atoms with Crippen LogP contribution in [0.15, 0.2) is 16.9 Å². The molecule has 0 bridgehead atoms. The van der Waals surface area contributed by atoms with Crippen molar-refractivity contribution in [1.29, 1.82) is 0 Å². The zero-order valence-corrected chi connectivity index (χ0v) is 16.6. The van der Waals surface area contributed by atoms with Crippen LogP contribution in [0.5, 0.6) is 0 Å². The Morgan fingerprint density at radius 1 is 1.06 bits per heavy atom. The van der Waals surface area contributed by atoms with E-state index in [2.05, 4.69) is 102 Å². The fourth-order valence-electron chi connectivity index (χ4n) is 1.11. The predicted molar refractivity (Wildman–Crippen MR) is 82.1 cm³/mol. The third kappa shape index (κ3) is 1.97. The Balaban J connectivity index is 2.49. The highest BCUT2D eigenvalue weighted by Crippen LogP contribution is 2.50. The molecule has 12 heteroatoms. The Labute approximate surface area is 143 Å². The summed E-state index contributed by atoms with van der Waals surface area (Å²) in [4.78, 5) is 0. The summed E-state index contributed by atoms with van der Waals surface area (Å²) in [6.45, 7) is 0. The summed E-state index contributed by atoms with van der Waals surface area (Å²) in [7, 11) is 0. The first kappa shape index (κ1) is 14.2. The summed E-state index contributed by atoms with van der Waals surface area (Å²) in [6.07, 6.45) is 3.52. The van der Waals surface area contributed by atoms with Crippen LogP contribution in [0.4, 0.5) is 0 Å². The molecule has 2 heterocycles. The van der Waals surface area contributed by atoms with Crippen molar-refractivity contribution in [3.05, 3.63) is 11.8 Å². The van der Waals surface area contributed by atoms with Gasteiger partial charge in [-0.15, -0.1) is 4.03 Å². The molecular formula is C4H2Br6N6. The molecule has 0 N–H and O–H groups in total. The zero-order valence-electron chi connectivity index (χ0n) is 7.11. The highest BCUT2D eigenvalue weighted by molar-refractivity contribution is 9.13. The fraction of sp³-hybridized carbons (Fsp3) is 0.250. The monoisotopic (exact) mass is 608 g/mol. The van der Waals surface area contributed by atoms with Crippen LogP contribution >= 0.6 is 96.7 Å². The second-order valence-corrected chi connectivity index (χ2v) is 7.06. The highest BCUT2D eigenvalue weighted by Gasteiger charge is 2.54. The minimum Gasteiger partial charge on any atom is -0.212 e. The molecule has 0 spiro atoms. The van der Waals surface area contributed by atoms with Gasteiger partial charge in [0.1, 0.15) is 5.70 Å². The van der Waals surface area contributed by atoms with Gasteiger partial charge in [0.05, 0.1) is 70.8 Å². The number of hydrogen-bond donors (Lipinski definition) is 0. The number of hydrogen-bond acceptors (Lipinski definition) is 6. The summed E-state index contributed by atoms with van der Waals surface area (Å²) in [5.74, 6) is 0. The first-order chi connectivity index (χ1) is 7.40. The molecule has 6 nitrogen and oxygen atoms in total. The molecule has 90 valence electrons. The van der Waals surface area contributed by atoms with Crippen LogP contribution in [0.2, 0.25) is 0 Å². The smallest absolute Gasteiger partial charge is 0.212 e. The summed E-state index contributed by atoms with van der Waals surface area (Å²) in [5, 5.41) is 4.13. The second kappa shape index (κ2) is 5.04. The zero-order chi connectivity index (χ0) is 12.1. The fourth-order valence-corrected chi connectivity index (χ4v) is 4.78. The number of fused-ring (bicyclic) bond motifs is 1. The molecule has 0 radical (unpaired) electrons. The Hall–Kier alpha value is 1.77. The van der Waals surface area contributed by atoms with E-state index in [-0.39, 0.29) is 0 Å². The predicted octanol–water partition coefficient (Wildman–Crippen LogP) is 3.74. The van der Waals surface area contributed by atoms with E-state index in [4.69, 9.17) is 0 Å². The van der Waals surface area contributed by atoms with E-state index < -0.39 is 4.57 Å². The van der Waals surface area contributed by atoms with Gasteiger partial charge in [0.15, 0.2) is 0 Å². The van der Waals surface area contributed by atoms with Crippen LogP contribution in [-0.4, -0.2) is 31.2 Å². The van der Waals surface area contributed by atoms with Crippen molar-refractivity contribution in [2.24, 2.45) is 5.10 Å². The summed E-state index contributed by atoms with van der Waals surface area (Å²) >= 11 is 20.5. The third-order valence-corrected chi connectivity index (χ3v) is 8.57. The van der Waals surface area contributed by atoms with Crippen molar-refractivity contribution in [3.8, 4) is 0 Å². The second-order valence-electron chi connectivity index (χ2n) is 2.67.